The predicted octanol–water partition coefficient (Wildman–Crippen LogP) is 3.76. The Morgan fingerprint density at radius 3 is 1.72 bits per heavy atom. The Morgan fingerprint density at radius 2 is 1.28 bits per heavy atom. The molecule has 2 aliphatic carbocycles. The van der Waals surface area contributed by atoms with Gasteiger partial charge in [0.1, 0.15) is 0 Å². The van der Waals surface area contributed by atoms with Crippen molar-refractivity contribution < 1.29 is 34.5 Å². The van der Waals surface area contributed by atoms with Crippen LogP contribution in [-0.4, -0.2) is 28.6 Å². The number of alkyl halides is 4. The van der Waals surface area contributed by atoms with Gasteiger partial charge in [-0.1, -0.05) is 0 Å². The van der Waals surface area contributed by atoms with Crippen LogP contribution in [-0.2, 0) is 34.5 Å². The molecule has 1 aromatic carbocycles. The first kappa shape index (κ1) is 19.1. The van der Waals surface area contributed by atoms with E-state index in [0.29, 0.717) is 0 Å². The summed E-state index contributed by atoms with van der Waals surface area (Å²) in [6, 6.07) is 9.43. The molecule has 1 saturated carbocycles. The summed E-state index contributed by atoms with van der Waals surface area (Å²) >= 11 is 36.4. The third kappa shape index (κ3) is 2.07. The number of carbonyl (C=O) groups is 2. The molecule has 0 spiro atoms. The van der Waals surface area contributed by atoms with E-state index in [1.807, 2.05) is 30.3 Å². The molecule has 4 unspecified atom stereocenters. The maximum absolute atomic E-state index is 13.1. The zero-order chi connectivity index (χ0) is 18.4. The topological polar surface area (TPSA) is 37.4 Å². The number of rotatable bonds is 2. The van der Waals surface area contributed by atoms with Gasteiger partial charge in [0, 0.05) is 0 Å². The van der Waals surface area contributed by atoms with Crippen LogP contribution >= 0.6 is 69.6 Å². The Labute approximate surface area is 186 Å². The van der Waals surface area contributed by atoms with Gasteiger partial charge in [0.25, 0.3) is 0 Å². The molecule has 2 bridgehead atoms. The monoisotopic (exact) mass is 645 g/mol. The van der Waals surface area contributed by atoms with Gasteiger partial charge < -0.3 is 0 Å². The first-order valence-electron chi connectivity index (χ1n) is 7.31. The average molecular weight is 647 g/mol. The SMILES string of the molecule is O=C1C2C(C(=O)[N]1[Hg][c]1ccccc1)C1(Cl)C(Cl)=C(Cl)C2(Cl)C1(Cl)Cl. The normalized spacial score (nSPS) is 38.4. The molecular formula is C15H7Cl6HgNO2. The Bertz CT molecular complexity index is 800. The second kappa shape index (κ2) is 5.89. The Morgan fingerprint density at radius 1 is 0.840 bits per heavy atom. The van der Waals surface area contributed by atoms with E-state index in [1.54, 1.807) is 0 Å². The molecule has 0 N–H and O–H groups in total. The minimum absolute atomic E-state index is 0.0588. The van der Waals surface area contributed by atoms with Crippen molar-refractivity contribution in [3.63, 3.8) is 0 Å². The van der Waals surface area contributed by atoms with Gasteiger partial charge in [0.15, 0.2) is 0 Å². The molecular weight excluding hydrogens is 639 g/mol. The first-order chi connectivity index (χ1) is 11.6. The quantitative estimate of drug-likeness (QED) is 0.279. The van der Waals surface area contributed by atoms with Crippen molar-refractivity contribution in [2.45, 2.75) is 14.1 Å². The van der Waals surface area contributed by atoms with Crippen molar-refractivity contribution in [1.82, 2.24) is 2.66 Å². The van der Waals surface area contributed by atoms with Crippen LogP contribution in [0.4, 0.5) is 0 Å². The van der Waals surface area contributed by atoms with Gasteiger partial charge in [0.05, 0.1) is 0 Å². The zero-order valence-electron chi connectivity index (χ0n) is 12.3. The number of benzene rings is 1. The molecule has 1 heterocycles. The molecule has 2 fully saturated rings. The van der Waals surface area contributed by atoms with Gasteiger partial charge >= 0.3 is 188 Å². The van der Waals surface area contributed by atoms with Crippen LogP contribution in [0.15, 0.2) is 40.4 Å². The summed E-state index contributed by atoms with van der Waals surface area (Å²) in [4.78, 5) is 22.7. The van der Waals surface area contributed by atoms with Gasteiger partial charge in [-0.05, 0) is 0 Å². The minimum atomic E-state index is -2.27. The summed E-state index contributed by atoms with van der Waals surface area (Å²) in [7, 11) is 0. The second-order valence-corrected chi connectivity index (χ2v) is 16.5. The molecule has 1 saturated heterocycles. The molecule has 1 aliphatic heterocycles. The van der Waals surface area contributed by atoms with E-state index in [4.69, 9.17) is 69.6 Å². The average Bonchev–Trinajstić information content (AvgIpc) is 2.95. The molecule has 128 valence electrons. The van der Waals surface area contributed by atoms with Crippen molar-refractivity contribution in [2.24, 2.45) is 11.8 Å². The number of allylic oxidation sites excluding steroid dienone is 2. The van der Waals surface area contributed by atoms with Gasteiger partial charge in [-0.2, -0.15) is 0 Å². The fourth-order valence-electron chi connectivity index (χ4n) is 3.97. The summed E-state index contributed by atoms with van der Waals surface area (Å²) in [5.74, 6) is -2.86. The number of halogens is 6. The molecule has 1 aromatic rings. The number of hydrogen-bond donors (Lipinski definition) is 0. The molecule has 4 rings (SSSR count). The Balaban J connectivity index is 1.81. The second-order valence-electron chi connectivity index (χ2n) is 6.33. The van der Waals surface area contributed by atoms with E-state index in [-0.39, 0.29) is 10.1 Å². The predicted molar refractivity (Wildman–Crippen MR) is 95.2 cm³/mol. The van der Waals surface area contributed by atoms with Gasteiger partial charge in [0.2, 0.25) is 0 Å². The molecule has 0 aromatic heterocycles. The number of hydrogen-bond acceptors (Lipinski definition) is 2. The third-order valence-corrected chi connectivity index (χ3v) is 16.3. The van der Waals surface area contributed by atoms with E-state index in [0.717, 1.165) is 3.07 Å². The van der Waals surface area contributed by atoms with Gasteiger partial charge in [-0.25, -0.2) is 0 Å². The van der Waals surface area contributed by atoms with Crippen LogP contribution in [0.2, 0.25) is 0 Å². The number of amides is 2. The molecule has 10 heteroatoms. The standard InChI is InChI=1S/C9H3Cl6NO2.C6H5.Hg/c10-3-4(11)8(13)2-1(5(17)16-6(2)18)7(3,12)9(8,14)15;1-2-4-6-5-3-1;/h1-2H,(H,16,17,18);1-5H;/q;;+1/p-1. The van der Waals surface area contributed by atoms with Crippen LogP contribution < -0.4 is 3.07 Å². The zero-order valence-corrected chi connectivity index (χ0v) is 22.3. The third-order valence-electron chi connectivity index (χ3n) is 5.18. The first-order valence-corrected chi connectivity index (χ1v) is 14.8. The molecule has 3 aliphatic rings. The van der Waals surface area contributed by atoms with E-state index in [1.165, 1.54) is 2.66 Å². The van der Waals surface area contributed by atoms with E-state index in [9.17, 15) is 9.59 Å². The number of nitrogens with zero attached hydrogens (tertiary/aromatic N) is 1. The van der Waals surface area contributed by atoms with Gasteiger partial charge in [-0.15, -0.1) is 0 Å². The molecule has 0 radical (unpaired) electrons. The molecule has 25 heavy (non-hydrogen) atoms. The van der Waals surface area contributed by atoms with Crippen LogP contribution in [0.5, 0.6) is 0 Å². The molecule has 4 atom stereocenters. The summed E-state index contributed by atoms with van der Waals surface area (Å²) in [6.07, 6.45) is 0. The van der Waals surface area contributed by atoms with Crippen LogP contribution in [0.25, 0.3) is 0 Å². The summed E-state index contributed by atoms with van der Waals surface area (Å²) in [5, 5.41) is -0.118. The summed E-state index contributed by atoms with van der Waals surface area (Å²) in [5.41, 5.74) is 0. The number of fused-ring (bicyclic) bond motifs is 5. The van der Waals surface area contributed by atoms with Crippen LogP contribution in [0, 0.1) is 11.8 Å². The van der Waals surface area contributed by atoms with Crippen molar-refractivity contribution >= 4 is 84.5 Å². The Hall–Kier alpha value is 0.775. The molecule has 2 amide bonds. The summed E-state index contributed by atoms with van der Waals surface area (Å²) < 4.78 is 0.479. The van der Waals surface area contributed by atoms with Gasteiger partial charge in [-0.3, -0.25) is 0 Å². The fourth-order valence-corrected chi connectivity index (χ4v) is 12.9. The molecule has 3 nitrogen and oxygen atoms in total. The van der Waals surface area contributed by atoms with E-state index >= 15 is 0 Å². The van der Waals surface area contributed by atoms with Crippen LogP contribution in [0.3, 0.4) is 0 Å². The maximum atomic E-state index is 13.1. The number of carbonyl (C=O) groups excluding carboxylic acids is 2. The van der Waals surface area contributed by atoms with E-state index < -0.39 is 62.6 Å². The van der Waals surface area contributed by atoms with Crippen molar-refractivity contribution in [1.29, 1.82) is 0 Å². The van der Waals surface area contributed by atoms with Crippen molar-refractivity contribution in [2.75, 3.05) is 0 Å². The van der Waals surface area contributed by atoms with E-state index in [2.05, 4.69) is 0 Å². The van der Waals surface area contributed by atoms with Crippen molar-refractivity contribution in [3.05, 3.63) is 40.4 Å². The summed E-state index contributed by atoms with van der Waals surface area (Å²) in [6.45, 7) is 0. The number of imide groups is 1. The van der Waals surface area contributed by atoms with Crippen LogP contribution in [0.1, 0.15) is 0 Å². The van der Waals surface area contributed by atoms with Crippen molar-refractivity contribution in [3.8, 4) is 0 Å². The fraction of sp³-hybridized carbons (Fsp3) is 0.333. The Kier molecular flexibility index (Phi) is 4.50.